The van der Waals surface area contributed by atoms with Crippen molar-refractivity contribution in [1.29, 1.82) is 0 Å². The van der Waals surface area contributed by atoms with Gasteiger partial charge in [-0.3, -0.25) is 0 Å². The summed E-state index contributed by atoms with van der Waals surface area (Å²) in [5, 5.41) is 0. The van der Waals surface area contributed by atoms with Crippen LogP contribution in [0.1, 0.15) is 16.7 Å². The van der Waals surface area contributed by atoms with E-state index in [9.17, 15) is 0 Å². The van der Waals surface area contributed by atoms with Gasteiger partial charge >= 0.3 is 0 Å². The van der Waals surface area contributed by atoms with E-state index in [0.29, 0.717) is 0 Å². The van der Waals surface area contributed by atoms with E-state index in [-0.39, 0.29) is 0 Å². The third kappa shape index (κ3) is 1.96. The topological polar surface area (TPSA) is 0 Å². The molecule has 0 aromatic carbocycles. The highest BCUT2D eigenvalue weighted by molar-refractivity contribution is 9.11. The van der Waals surface area contributed by atoms with Crippen LogP contribution in [-0.4, -0.2) is 0 Å². The highest BCUT2D eigenvalue weighted by atomic mass is 79.9. The molecule has 0 spiro atoms. The standard InChI is InChI=1S/C8H9BrS/c1-2-7-3-4-8(10-7)5-6-9/h3-6H,2H2,1H3/b6-5+. The number of aryl methyl sites for hydroxylation is 1. The van der Waals surface area contributed by atoms with Crippen molar-refractivity contribution in [3.63, 3.8) is 0 Å². The summed E-state index contributed by atoms with van der Waals surface area (Å²) >= 11 is 5.08. The molecule has 0 bridgehead atoms. The van der Waals surface area contributed by atoms with Crippen LogP contribution in [0, 0.1) is 0 Å². The fraction of sp³-hybridized carbons (Fsp3) is 0.250. The van der Waals surface area contributed by atoms with Gasteiger partial charge in [-0.05, 0) is 29.6 Å². The summed E-state index contributed by atoms with van der Waals surface area (Å²) in [6.45, 7) is 2.17. The molecule has 10 heavy (non-hydrogen) atoms. The van der Waals surface area contributed by atoms with Gasteiger partial charge in [-0.25, -0.2) is 0 Å². The van der Waals surface area contributed by atoms with E-state index in [1.54, 1.807) is 0 Å². The third-order valence-electron chi connectivity index (χ3n) is 1.26. The summed E-state index contributed by atoms with van der Waals surface area (Å²) in [5.41, 5.74) is 0. The second-order valence-corrected chi connectivity index (χ2v) is 3.68. The van der Waals surface area contributed by atoms with Gasteiger partial charge in [0.1, 0.15) is 0 Å². The van der Waals surface area contributed by atoms with Crippen LogP contribution < -0.4 is 0 Å². The lowest BCUT2D eigenvalue weighted by Gasteiger charge is -1.82. The fourth-order valence-electron chi connectivity index (χ4n) is 0.736. The van der Waals surface area contributed by atoms with Gasteiger partial charge in [0.15, 0.2) is 0 Å². The Labute approximate surface area is 73.7 Å². The third-order valence-corrected chi connectivity index (χ3v) is 2.72. The quantitative estimate of drug-likeness (QED) is 0.708. The maximum atomic E-state index is 3.24. The van der Waals surface area contributed by atoms with Gasteiger partial charge < -0.3 is 0 Å². The van der Waals surface area contributed by atoms with E-state index in [0.717, 1.165) is 6.42 Å². The second-order valence-electron chi connectivity index (χ2n) is 1.95. The molecule has 0 radical (unpaired) electrons. The summed E-state index contributed by atoms with van der Waals surface area (Å²) in [7, 11) is 0. The molecule has 54 valence electrons. The lowest BCUT2D eigenvalue weighted by Crippen LogP contribution is -1.63. The molecule has 0 N–H and O–H groups in total. The first kappa shape index (κ1) is 8.02. The minimum Gasteiger partial charge on any atom is -0.141 e. The maximum Gasteiger partial charge on any atom is 0.0278 e. The molecule has 1 rings (SSSR count). The molecule has 0 unspecified atom stereocenters. The predicted octanol–water partition coefficient (Wildman–Crippen LogP) is 3.68. The van der Waals surface area contributed by atoms with Gasteiger partial charge in [-0.2, -0.15) is 0 Å². The molecule has 1 aromatic rings. The molecule has 0 aliphatic heterocycles. The number of hydrogen-bond donors (Lipinski definition) is 0. The van der Waals surface area contributed by atoms with Crippen molar-refractivity contribution >= 4 is 33.3 Å². The molecular formula is C8H9BrS. The summed E-state index contributed by atoms with van der Waals surface area (Å²) in [5.74, 6) is 0. The fourth-order valence-corrected chi connectivity index (χ4v) is 2.05. The van der Waals surface area contributed by atoms with Crippen molar-refractivity contribution in [3.05, 3.63) is 26.9 Å². The van der Waals surface area contributed by atoms with Crippen LogP contribution >= 0.6 is 27.3 Å². The first-order chi connectivity index (χ1) is 4.86. The van der Waals surface area contributed by atoms with Gasteiger partial charge in [-0.15, -0.1) is 11.3 Å². The van der Waals surface area contributed by atoms with Crippen LogP contribution in [0.5, 0.6) is 0 Å². The highest BCUT2D eigenvalue weighted by Crippen LogP contribution is 2.18. The molecule has 0 amide bonds. The smallest absolute Gasteiger partial charge is 0.0278 e. The molecule has 0 saturated carbocycles. The molecule has 0 atom stereocenters. The van der Waals surface area contributed by atoms with Crippen molar-refractivity contribution in [3.8, 4) is 0 Å². The molecule has 0 nitrogen and oxygen atoms in total. The first-order valence-electron chi connectivity index (χ1n) is 3.22. The van der Waals surface area contributed by atoms with E-state index in [4.69, 9.17) is 0 Å². The minimum absolute atomic E-state index is 1.14. The Morgan fingerprint density at radius 1 is 1.60 bits per heavy atom. The number of halogens is 1. The zero-order valence-corrected chi connectivity index (χ0v) is 8.21. The molecule has 0 fully saturated rings. The molecule has 0 saturated heterocycles. The summed E-state index contributed by atoms with van der Waals surface area (Å²) in [4.78, 5) is 4.65. The lowest BCUT2D eigenvalue weighted by molar-refractivity contribution is 1.19. The molecule has 2 heteroatoms. The molecule has 0 aliphatic carbocycles. The van der Waals surface area contributed by atoms with Crippen LogP contribution in [-0.2, 0) is 6.42 Å². The van der Waals surface area contributed by atoms with Crippen LogP contribution in [0.25, 0.3) is 6.08 Å². The summed E-state index contributed by atoms with van der Waals surface area (Å²) in [6.07, 6.45) is 3.20. The van der Waals surface area contributed by atoms with Gasteiger partial charge in [0.05, 0.1) is 0 Å². The Morgan fingerprint density at radius 2 is 2.40 bits per heavy atom. The van der Waals surface area contributed by atoms with E-state index in [1.807, 2.05) is 16.3 Å². The van der Waals surface area contributed by atoms with E-state index in [1.165, 1.54) is 9.75 Å². The van der Waals surface area contributed by atoms with Crippen molar-refractivity contribution < 1.29 is 0 Å². The van der Waals surface area contributed by atoms with Crippen molar-refractivity contribution in [1.82, 2.24) is 0 Å². The van der Waals surface area contributed by atoms with Gasteiger partial charge in [0.2, 0.25) is 0 Å². The largest absolute Gasteiger partial charge is 0.141 e. The normalized spacial score (nSPS) is 11.0. The highest BCUT2D eigenvalue weighted by Gasteiger charge is 1.92. The first-order valence-corrected chi connectivity index (χ1v) is 4.95. The Balaban J connectivity index is 2.78. The van der Waals surface area contributed by atoms with Gasteiger partial charge in [0.25, 0.3) is 0 Å². The predicted molar refractivity (Wildman–Crippen MR) is 51.7 cm³/mol. The van der Waals surface area contributed by atoms with E-state index >= 15 is 0 Å². The average molecular weight is 217 g/mol. The Bertz CT molecular complexity index is 225. The maximum absolute atomic E-state index is 3.24. The SMILES string of the molecule is CCc1ccc(/C=C/Br)s1. The average Bonchev–Trinajstić information content (AvgIpc) is 2.37. The summed E-state index contributed by atoms with van der Waals surface area (Å²) in [6, 6.07) is 4.31. The van der Waals surface area contributed by atoms with Crippen LogP contribution in [0.4, 0.5) is 0 Å². The monoisotopic (exact) mass is 216 g/mol. The minimum atomic E-state index is 1.14. The second kappa shape index (κ2) is 3.94. The number of rotatable bonds is 2. The Hall–Kier alpha value is -0.0800. The van der Waals surface area contributed by atoms with Crippen LogP contribution in [0.3, 0.4) is 0 Å². The number of thiophene rings is 1. The van der Waals surface area contributed by atoms with Crippen molar-refractivity contribution in [2.45, 2.75) is 13.3 Å². The molecular weight excluding hydrogens is 208 g/mol. The van der Waals surface area contributed by atoms with Crippen LogP contribution in [0.15, 0.2) is 17.1 Å². The van der Waals surface area contributed by atoms with Gasteiger partial charge in [0, 0.05) is 9.75 Å². The molecule has 1 heterocycles. The van der Waals surface area contributed by atoms with E-state index in [2.05, 4.69) is 41.1 Å². The van der Waals surface area contributed by atoms with Crippen molar-refractivity contribution in [2.24, 2.45) is 0 Å². The summed E-state index contributed by atoms with van der Waals surface area (Å²) < 4.78 is 0. The Kier molecular flexibility index (Phi) is 3.16. The van der Waals surface area contributed by atoms with Crippen LogP contribution in [0.2, 0.25) is 0 Å². The number of hydrogen-bond acceptors (Lipinski definition) is 1. The van der Waals surface area contributed by atoms with E-state index < -0.39 is 0 Å². The zero-order chi connectivity index (χ0) is 7.40. The molecule has 1 aromatic heterocycles. The van der Waals surface area contributed by atoms with Gasteiger partial charge in [-0.1, -0.05) is 22.9 Å². The lowest BCUT2D eigenvalue weighted by atomic mass is 10.4. The van der Waals surface area contributed by atoms with Crippen molar-refractivity contribution in [2.75, 3.05) is 0 Å². The Morgan fingerprint density at radius 3 is 2.90 bits per heavy atom. The molecule has 0 aliphatic rings. The zero-order valence-electron chi connectivity index (χ0n) is 5.80.